The van der Waals surface area contributed by atoms with Crippen molar-refractivity contribution in [1.29, 1.82) is 0 Å². The Kier molecular flexibility index (Phi) is 7.03. The SMILES string of the molecule is CC(C(=O)N1CCC(CC(F)(F)F)(C(=O)O)CC1)c1ccc(-c2cccc(-c3cc4ccncc4[nH]3)c2O)cc1. The molecule has 2 aromatic carbocycles. The van der Waals surface area contributed by atoms with Gasteiger partial charge in [-0.25, -0.2) is 0 Å². The molecule has 3 heterocycles. The van der Waals surface area contributed by atoms with Crippen molar-refractivity contribution in [1.82, 2.24) is 14.9 Å². The lowest BCUT2D eigenvalue weighted by atomic mass is 9.75. The molecule has 5 rings (SSSR count). The number of amides is 1. The molecule has 0 saturated carbocycles. The topological polar surface area (TPSA) is 107 Å². The average Bonchev–Trinajstić information content (AvgIpc) is 3.36. The lowest BCUT2D eigenvalue weighted by molar-refractivity contribution is -0.185. The summed E-state index contributed by atoms with van der Waals surface area (Å²) in [4.78, 5) is 33.7. The summed E-state index contributed by atoms with van der Waals surface area (Å²) in [5, 5.41) is 21.6. The van der Waals surface area contributed by atoms with Gasteiger partial charge in [-0.05, 0) is 49.1 Å². The van der Waals surface area contributed by atoms with Crippen LogP contribution in [0.3, 0.4) is 0 Å². The highest BCUT2D eigenvalue weighted by Gasteiger charge is 2.50. The number of pyridine rings is 1. The molecule has 10 heteroatoms. The van der Waals surface area contributed by atoms with Gasteiger partial charge in [0.2, 0.25) is 5.91 Å². The predicted molar refractivity (Wildman–Crippen MR) is 144 cm³/mol. The monoisotopic (exact) mass is 551 g/mol. The number of fused-ring (bicyclic) bond motifs is 1. The van der Waals surface area contributed by atoms with Gasteiger partial charge in [0.1, 0.15) is 5.75 Å². The van der Waals surface area contributed by atoms with Crippen LogP contribution in [0.2, 0.25) is 0 Å². The number of aromatic amines is 1. The van der Waals surface area contributed by atoms with Gasteiger partial charge in [0, 0.05) is 35.8 Å². The number of alkyl halides is 3. The fourth-order valence-electron chi connectivity index (χ4n) is 5.48. The third-order valence-corrected chi connectivity index (χ3v) is 7.87. The van der Waals surface area contributed by atoms with E-state index in [0.717, 1.165) is 22.2 Å². The van der Waals surface area contributed by atoms with E-state index < -0.39 is 29.9 Å². The number of para-hydroxylation sites is 1. The lowest BCUT2D eigenvalue weighted by Crippen LogP contribution is -2.49. The summed E-state index contributed by atoms with van der Waals surface area (Å²) in [5.41, 5.74) is 2.41. The number of aromatic hydroxyl groups is 1. The minimum Gasteiger partial charge on any atom is -0.507 e. The maximum Gasteiger partial charge on any atom is 0.390 e. The Labute approximate surface area is 228 Å². The maximum absolute atomic E-state index is 13.2. The van der Waals surface area contributed by atoms with Gasteiger partial charge in [0.25, 0.3) is 0 Å². The number of phenols is 1. The molecular weight excluding hydrogens is 523 g/mol. The Hall–Kier alpha value is -4.34. The second kappa shape index (κ2) is 10.3. The highest BCUT2D eigenvalue weighted by Crippen LogP contribution is 2.43. The van der Waals surface area contributed by atoms with Crippen molar-refractivity contribution in [3.05, 3.63) is 72.6 Å². The Bertz CT molecular complexity index is 1520. The van der Waals surface area contributed by atoms with Crippen molar-refractivity contribution >= 4 is 22.8 Å². The summed E-state index contributed by atoms with van der Waals surface area (Å²) in [6, 6.07) is 16.5. The number of benzene rings is 2. The van der Waals surface area contributed by atoms with Crippen LogP contribution in [0.1, 0.15) is 37.7 Å². The lowest BCUT2D eigenvalue weighted by Gasteiger charge is -2.40. The summed E-state index contributed by atoms with van der Waals surface area (Å²) in [6.07, 6.45) is -3.08. The number of phenolic OH excluding ortho intramolecular Hbond substituents is 1. The van der Waals surface area contributed by atoms with E-state index in [1.165, 1.54) is 4.90 Å². The van der Waals surface area contributed by atoms with Crippen molar-refractivity contribution in [2.75, 3.05) is 13.1 Å². The number of piperidine rings is 1. The smallest absolute Gasteiger partial charge is 0.390 e. The molecule has 3 N–H and O–H groups in total. The quantitative estimate of drug-likeness (QED) is 0.259. The first-order chi connectivity index (χ1) is 19.0. The molecule has 1 amide bonds. The number of carbonyl (C=O) groups is 2. The zero-order valence-electron chi connectivity index (χ0n) is 21.7. The molecule has 40 heavy (non-hydrogen) atoms. The molecule has 1 saturated heterocycles. The van der Waals surface area contributed by atoms with E-state index in [9.17, 15) is 33.0 Å². The van der Waals surface area contributed by atoms with Crippen LogP contribution >= 0.6 is 0 Å². The van der Waals surface area contributed by atoms with Crippen LogP contribution in [-0.2, 0) is 9.59 Å². The Morgan fingerprint density at radius 2 is 1.75 bits per heavy atom. The van der Waals surface area contributed by atoms with Crippen LogP contribution in [0.15, 0.2) is 67.0 Å². The first-order valence-corrected chi connectivity index (χ1v) is 12.9. The minimum absolute atomic E-state index is 0.0475. The van der Waals surface area contributed by atoms with E-state index in [0.29, 0.717) is 16.7 Å². The number of H-pyrrole nitrogens is 1. The zero-order chi connectivity index (χ0) is 28.7. The molecule has 0 radical (unpaired) electrons. The van der Waals surface area contributed by atoms with Gasteiger partial charge in [-0.15, -0.1) is 0 Å². The number of likely N-dealkylation sites (tertiary alicyclic amines) is 1. The second-order valence-electron chi connectivity index (χ2n) is 10.4. The molecule has 2 aromatic heterocycles. The highest BCUT2D eigenvalue weighted by atomic mass is 19.4. The van der Waals surface area contributed by atoms with Gasteiger partial charge in [0.15, 0.2) is 0 Å². The van der Waals surface area contributed by atoms with E-state index in [-0.39, 0.29) is 37.6 Å². The Morgan fingerprint density at radius 3 is 2.38 bits per heavy atom. The summed E-state index contributed by atoms with van der Waals surface area (Å²) in [5.74, 6) is -2.21. The minimum atomic E-state index is -4.60. The van der Waals surface area contributed by atoms with E-state index in [1.807, 2.05) is 36.4 Å². The molecule has 208 valence electrons. The van der Waals surface area contributed by atoms with E-state index >= 15 is 0 Å². The summed E-state index contributed by atoms with van der Waals surface area (Å²) >= 11 is 0. The van der Waals surface area contributed by atoms with Crippen molar-refractivity contribution in [2.45, 2.75) is 38.3 Å². The molecule has 0 bridgehead atoms. The van der Waals surface area contributed by atoms with Gasteiger partial charge >= 0.3 is 12.1 Å². The predicted octanol–water partition coefficient (Wildman–Crippen LogP) is 6.35. The first kappa shape index (κ1) is 27.2. The van der Waals surface area contributed by atoms with Crippen molar-refractivity contribution in [2.24, 2.45) is 5.41 Å². The van der Waals surface area contributed by atoms with Crippen LogP contribution in [-0.4, -0.2) is 56.2 Å². The van der Waals surface area contributed by atoms with Crippen LogP contribution in [0.5, 0.6) is 5.75 Å². The number of nitrogens with one attached hydrogen (secondary N) is 1. The second-order valence-corrected chi connectivity index (χ2v) is 10.4. The molecule has 0 spiro atoms. The molecular formula is C30H28F3N3O4. The van der Waals surface area contributed by atoms with Crippen molar-refractivity contribution < 1.29 is 33.0 Å². The maximum atomic E-state index is 13.2. The van der Waals surface area contributed by atoms with E-state index in [4.69, 9.17) is 0 Å². The van der Waals surface area contributed by atoms with E-state index in [1.54, 1.807) is 37.5 Å². The molecule has 7 nitrogen and oxygen atoms in total. The highest BCUT2D eigenvalue weighted by molar-refractivity contribution is 5.89. The molecule has 1 fully saturated rings. The van der Waals surface area contributed by atoms with Gasteiger partial charge in [0.05, 0.1) is 35.2 Å². The normalized spacial score (nSPS) is 16.1. The summed E-state index contributed by atoms with van der Waals surface area (Å²) < 4.78 is 39.1. The largest absolute Gasteiger partial charge is 0.507 e. The van der Waals surface area contributed by atoms with Crippen LogP contribution in [0.4, 0.5) is 13.2 Å². The average molecular weight is 552 g/mol. The Balaban J connectivity index is 1.30. The van der Waals surface area contributed by atoms with Gasteiger partial charge in [-0.3, -0.25) is 14.6 Å². The van der Waals surface area contributed by atoms with Crippen molar-refractivity contribution in [3.63, 3.8) is 0 Å². The van der Waals surface area contributed by atoms with Crippen LogP contribution in [0, 0.1) is 5.41 Å². The number of hydrogen-bond donors (Lipinski definition) is 3. The fourth-order valence-corrected chi connectivity index (χ4v) is 5.48. The Morgan fingerprint density at radius 1 is 1.07 bits per heavy atom. The van der Waals surface area contributed by atoms with Crippen molar-refractivity contribution in [3.8, 4) is 28.1 Å². The molecule has 1 unspecified atom stereocenters. The van der Waals surface area contributed by atoms with E-state index in [2.05, 4.69) is 9.97 Å². The first-order valence-electron chi connectivity index (χ1n) is 12.9. The number of aliphatic carboxylic acids is 1. The molecule has 4 aromatic rings. The number of carboxylic acid groups (broad SMARTS) is 1. The molecule has 1 aliphatic heterocycles. The molecule has 1 aliphatic rings. The fraction of sp³-hybridized carbons (Fsp3) is 0.300. The van der Waals surface area contributed by atoms with Gasteiger partial charge < -0.3 is 20.1 Å². The summed E-state index contributed by atoms with van der Waals surface area (Å²) in [7, 11) is 0. The molecule has 0 aliphatic carbocycles. The van der Waals surface area contributed by atoms with Gasteiger partial charge in [-0.1, -0.05) is 36.4 Å². The standard InChI is InChI=1S/C30H28F3N3O4/c1-18(27(38)36-13-10-29(11-14-36,28(39)40)17-30(31,32)33)19-5-7-20(8-6-19)22-3-2-4-23(26(22)37)24-15-21-9-12-34-16-25(21)35-24/h2-9,12,15-16,18,35,37H,10-11,13-14,17H2,1H3,(H,39,40). The molecule has 1 atom stereocenters. The number of carboxylic acids is 1. The number of aromatic nitrogens is 2. The number of nitrogens with zero attached hydrogens (tertiary/aromatic N) is 2. The number of carbonyl (C=O) groups excluding carboxylic acids is 1. The van der Waals surface area contributed by atoms with Crippen LogP contribution in [0.25, 0.3) is 33.3 Å². The third-order valence-electron chi connectivity index (χ3n) is 7.87. The number of rotatable bonds is 6. The van der Waals surface area contributed by atoms with Crippen LogP contribution < -0.4 is 0 Å². The van der Waals surface area contributed by atoms with Gasteiger partial charge in [-0.2, -0.15) is 13.2 Å². The zero-order valence-corrected chi connectivity index (χ0v) is 21.7. The number of halogens is 3. The third kappa shape index (κ3) is 5.25. The summed E-state index contributed by atoms with van der Waals surface area (Å²) in [6.45, 7) is 1.62. The number of hydrogen-bond acceptors (Lipinski definition) is 4.